The first-order valence-corrected chi connectivity index (χ1v) is 11.3. The molecule has 0 radical (unpaired) electrons. The third-order valence-electron chi connectivity index (χ3n) is 5.76. The number of amides is 1. The number of piperazine rings is 1. The number of nitrogens with two attached hydrogens (primary N) is 1. The van der Waals surface area contributed by atoms with Gasteiger partial charge in [0.1, 0.15) is 11.6 Å². The molecule has 4 rings (SSSR count). The Morgan fingerprint density at radius 1 is 1.08 bits per heavy atom. The summed E-state index contributed by atoms with van der Waals surface area (Å²) in [6.45, 7) is 2.63. The molecule has 0 spiro atoms. The molecule has 3 aromatic rings. The summed E-state index contributed by atoms with van der Waals surface area (Å²) in [5.74, 6) is 1.04. The smallest absolute Gasteiger partial charge is 0.241 e. The van der Waals surface area contributed by atoms with Gasteiger partial charge in [-0.05, 0) is 37.4 Å². The van der Waals surface area contributed by atoms with Crippen LogP contribution in [0, 0.1) is 16.5 Å². The zero-order valence-electron chi connectivity index (χ0n) is 19.7. The molecule has 186 valence electrons. The van der Waals surface area contributed by atoms with Gasteiger partial charge in [-0.2, -0.15) is 10.5 Å². The minimum Gasteiger partial charge on any atom is -0.595 e. The minimum absolute atomic E-state index is 0.00560. The van der Waals surface area contributed by atoms with Gasteiger partial charge in [-0.15, -0.1) is 0 Å². The standard InChI is InChI=1S/C24H27N9O3/c1-31-12-13-32(22(34)15-31)18-6-8-20(29-23(18)17-4-2-16(14-25)3-5-17)27-10-11-28-21-9-7-19(33(35)36)24(26)30-21/h2-9,33,35H,10-13,15H2,1H3,(H,27,29)(H3,26,28,30). The van der Waals surface area contributed by atoms with E-state index in [0.717, 1.165) is 17.8 Å². The largest absolute Gasteiger partial charge is 0.595 e. The minimum atomic E-state index is -1.13. The Hall–Kier alpha value is -4.28. The molecule has 1 unspecified atom stereocenters. The summed E-state index contributed by atoms with van der Waals surface area (Å²) in [7, 11) is 1.92. The van der Waals surface area contributed by atoms with Gasteiger partial charge in [0.05, 0.1) is 29.6 Å². The molecule has 1 amide bonds. The van der Waals surface area contributed by atoms with E-state index in [1.807, 2.05) is 36.2 Å². The lowest BCUT2D eigenvalue weighted by molar-refractivity contribution is -0.990. The van der Waals surface area contributed by atoms with E-state index in [2.05, 4.69) is 21.7 Å². The predicted molar refractivity (Wildman–Crippen MR) is 136 cm³/mol. The molecule has 12 nitrogen and oxygen atoms in total. The topological polar surface area (TPSA) is 171 Å². The molecule has 0 aliphatic carbocycles. The highest BCUT2D eigenvalue weighted by Crippen LogP contribution is 2.32. The van der Waals surface area contributed by atoms with Gasteiger partial charge in [-0.3, -0.25) is 9.69 Å². The summed E-state index contributed by atoms with van der Waals surface area (Å²) >= 11 is 0. The lowest BCUT2D eigenvalue weighted by Crippen LogP contribution is -2.99. The summed E-state index contributed by atoms with van der Waals surface area (Å²) < 4.78 is 0. The lowest BCUT2D eigenvalue weighted by Gasteiger charge is -2.33. The third kappa shape index (κ3) is 5.68. The van der Waals surface area contributed by atoms with Crippen LogP contribution in [0.4, 0.5) is 28.8 Å². The molecule has 0 saturated carbocycles. The van der Waals surface area contributed by atoms with Crippen molar-refractivity contribution in [2.75, 3.05) is 61.0 Å². The number of pyridine rings is 2. The number of nitrogens with zero attached hydrogens (tertiary/aromatic N) is 5. The van der Waals surface area contributed by atoms with Crippen molar-refractivity contribution in [1.29, 1.82) is 5.26 Å². The van der Waals surface area contributed by atoms with Crippen LogP contribution in [0.15, 0.2) is 48.5 Å². The second-order valence-corrected chi connectivity index (χ2v) is 8.32. The van der Waals surface area contributed by atoms with Crippen molar-refractivity contribution in [2.24, 2.45) is 0 Å². The fourth-order valence-corrected chi connectivity index (χ4v) is 3.86. The van der Waals surface area contributed by atoms with Crippen LogP contribution in [0.5, 0.6) is 0 Å². The fourth-order valence-electron chi connectivity index (χ4n) is 3.86. The van der Waals surface area contributed by atoms with Gasteiger partial charge >= 0.3 is 0 Å². The number of nitriles is 1. The maximum Gasteiger partial charge on any atom is 0.241 e. The number of aromatic nitrogens is 2. The summed E-state index contributed by atoms with van der Waals surface area (Å²) in [6, 6.07) is 15.9. The first-order chi connectivity index (χ1) is 17.4. The number of carbonyl (C=O) groups excluding carboxylic acids is 1. The monoisotopic (exact) mass is 489 g/mol. The zero-order valence-corrected chi connectivity index (χ0v) is 19.7. The van der Waals surface area contributed by atoms with Gasteiger partial charge in [0.2, 0.25) is 11.6 Å². The second kappa shape index (κ2) is 11.0. The Bertz CT molecular complexity index is 1270. The quantitative estimate of drug-likeness (QED) is 0.225. The number of nitrogen functional groups attached to an aromatic ring is 1. The number of anilines is 4. The van der Waals surface area contributed by atoms with Crippen LogP contribution in [-0.4, -0.2) is 65.8 Å². The number of quaternary nitrogens is 1. The van der Waals surface area contributed by atoms with E-state index in [1.54, 1.807) is 23.1 Å². The van der Waals surface area contributed by atoms with Crippen LogP contribution in [-0.2, 0) is 4.79 Å². The van der Waals surface area contributed by atoms with Crippen molar-refractivity contribution in [2.45, 2.75) is 0 Å². The van der Waals surface area contributed by atoms with Crippen LogP contribution in [0.1, 0.15) is 5.56 Å². The van der Waals surface area contributed by atoms with Gasteiger partial charge < -0.3 is 26.5 Å². The van der Waals surface area contributed by atoms with Gasteiger partial charge in [-0.1, -0.05) is 12.1 Å². The van der Waals surface area contributed by atoms with Crippen LogP contribution < -0.4 is 26.5 Å². The third-order valence-corrected chi connectivity index (χ3v) is 5.76. The first-order valence-electron chi connectivity index (χ1n) is 11.3. The molecule has 36 heavy (non-hydrogen) atoms. The highest BCUT2D eigenvalue weighted by Gasteiger charge is 2.26. The Morgan fingerprint density at radius 3 is 2.36 bits per heavy atom. The van der Waals surface area contributed by atoms with Crippen LogP contribution in [0.25, 0.3) is 11.3 Å². The van der Waals surface area contributed by atoms with E-state index in [1.165, 1.54) is 6.07 Å². The van der Waals surface area contributed by atoms with Crippen molar-refractivity contribution in [3.8, 4) is 17.3 Å². The molecule has 1 fully saturated rings. The summed E-state index contributed by atoms with van der Waals surface area (Å²) in [5, 5.41) is 34.5. The normalized spacial score (nSPS) is 14.8. The Balaban J connectivity index is 1.49. The Labute approximate surface area is 208 Å². The highest BCUT2D eigenvalue weighted by molar-refractivity contribution is 5.99. The number of rotatable bonds is 8. The molecule has 1 saturated heterocycles. The molecular weight excluding hydrogens is 462 g/mol. The first kappa shape index (κ1) is 24.8. The van der Waals surface area contributed by atoms with Crippen molar-refractivity contribution in [1.82, 2.24) is 14.9 Å². The van der Waals surface area contributed by atoms with E-state index in [-0.39, 0.29) is 17.4 Å². The second-order valence-electron chi connectivity index (χ2n) is 8.32. The SMILES string of the molecule is CN1CCN(c2ccc(NCCNc3ccc([NH+]([O-])O)c(N)n3)nc2-c2ccc(C#N)cc2)C(=O)C1. The molecule has 12 heteroatoms. The molecule has 1 aromatic carbocycles. The molecule has 1 atom stereocenters. The molecular formula is C24H27N9O3. The molecule has 6 N–H and O–H groups in total. The average Bonchev–Trinajstić information content (AvgIpc) is 2.87. The molecule has 1 aliphatic heterocycles. The predicted octanol–water partition coefficient (Wildman–Crippen LogP) is 0.803. The van der Waals surface area contributed by atoms with Gasteiger partial charge in [0, 0.05) is 37.8 Å². The fraction of sp³-hybridized carbons (Fsp3) is 0.250. The Kier molecular flexibility index (Phi) is 7.57. The van der Waals surface area contributed by atoms with E-state index in [9.17, 15) is 10.0 Å². The van der Waals surface area contributed by atoms with Crippen molar-refractivity contribution >= 4 is 34.7 Å². The Morgan fingerprint density at radius 2 is 1.75 bits per heavy atom. The van der Waals surface area contributed by atoms with Crippen LogP contribution >= 0.6 is 0 Å². The number of nitrogens with one attached hydrogen (secondary N) is 3. The molecule has 0 bridgehead atoms. The zero-order chi connectivity index (χ0) is 25.7. The summed E-state index contributed by atoms with van der Waals surface area (Å²) in [6.07, 6.45) is 0. The maximum absolute atomic E-state index is 12.7. The summed E-state index contributed by atoms with van der Waals surface area (Å²) in [5.41, 5.74) is 8.36. The summed E-state index contributed by atoms with van der Waals surface area (Å²) in [4.78, 5) is 25.3. The number of carbonyl (C=O) groups is 1. The number of benzene rings is 1. The molecule has 1 aliphatic rings. The van der Waals surface area contributed by atoms with E-state index < -0.39 is 5.23 Å². The van der Waals surface area contributed by atoms with Crippen molar-refractivity contribution in [3.05, 3.63) is 59.3 Å². The van der Waals surface area contributed by atoms with Gasteiger partial charge in [0.15, 0.2) is 5.82 Å². The van der Waals surface area contributed by atoms with E-state index in [0.29, 0.717) is 49.1 Å². The van der Waals surface area contributed by atoms with Gasteiger partial charge in [-0.25, -0.2) is 15.2 Å². The van der Waals surface area contributed by atoms with E-state index >= 15 is 0 Å². The molecule has 2 aromatic heterocycles. The van der Waals surface area contributed by atoms with Gasteiger partial charge in [0.25, 0.3) is 0 Å². The number of likely N-dealkylation sites (N-methyl/N-ethyl adjacent to an activating group) is 1. The number of hydrogen-bond donors (Lipinski definition) is 5. The highest BCUT2D eigenvalue weighted by atomic mass is 16.8. The maximum atomic E-state index is 12.7. The van der Waals surface area contributed by atoms with Crippen molar-refractivity contribution in [3.63, 3.8) is 0 Å². The van der Waals surface area contributed by atoms with E-state index in [4.69, 9.17) is 21.2 Å². The van der Waals surface area contributed by atoms with Crippen molar-refractivity contribution < 1.29 is 15.2 Å². The van der Waals surface area contributed by atoms with Crippen LogP contribution in [0.3, 0.4) is 0 Å². The number of hydrogen-bond acceptors (Lipinski definition) is 10. The average molecular weight is 490 g/mol. The lowest BCUT2D eigenvalue weighted by atomic mass is 10.1. The van der Waals surface area contributed by atoms with Crippen LogP contribution in [0.2, 0.25) is 0 Å². The molecule has 3 heterocycles.